The van der Waals surface area contributed by atoms with Crippen molar-refractivity contribution in [3.63, 3.8) is 0 Å². The molecule has 1 amide bonds. The van der Waals surface area contributed by atoms with Crippen LogP contribution in [0.4, 0.5) is 0 Å². The standard InChI is InChI=1S/C18H28N2O/c1-15-7-8-18(14-16(15)2)6-4-5-9-19-10-12-20(13-11-19)17(3)21/h4,6,14H,5,7-13H2,1-3H3/b6-4-. The summed E-state index contributed by atoms with van der Waals surface area (Å²) in [7, 11) is 0. The lowest BCUT2D eigenvalue weighted by Gasteiger charge is -2.33. The number of piperazine rings is 1. The van der Waals surface area contributed by atoms with E-state index < -0.39 is 0 Å². The maximum absolute atomic E-state index is 11.3. The van der Waals surface area contributed by atoms with E-state index in [-0.39, 0.29) is 5.91 Å². The zero-order valence-corrected chi connectivity index (χ0v) is 13.7. The van der Waals surface area contributed by atoms with Crippen LogP contribution in [-0.4, -0.2) is 48.4 Å². The summed E-state index contributed by atoms with van der Waals surface area (Å²) in [6, 6.07) is 0. The first kappa shape index (κ1) is 16.0. The first-order valence-corrected chi connectivity index (χ1v) is 8.07. The maximum Gasteiger partial charge on any atom is 0.219 e. The summed E-state index contributed by atoms with van der Waals surface area (Å²) in [6.07, 6.45) is 10.4. The molecule has 0 bridgehead atoms. The Labute approximate surface area is 129 Å². The fraction of sp³-hybridized carbons (Fsp3) is 0.611. The Balaban J connectivity index is 1.70. The smallest absolute Gasteiger partial charge is 0.219 e. The Bertz CT molecular complexity index is 466. The van der Waals surface area contributed by atoms with Gasteiger partial charge >= 0.3 is 0 Å². The SMILES string of the molecule is CC(=O)N1CCN(CC/C=C\C2=CC(C)=C(C)CC2)CC1. The van der Waals surface area contributed by atoms with E-state index in [9.17, 15) is 4.79 Å². The van der Waals surface area contributed by atoms with E-state index in [1.54, 1.807) is 6.92 Å². The summed E-state index contributed by atoms with van der Waals surface area (Å²) in [5, 5.41) is 0. The number of rotatable bonds is 4. The molecule has 1 aliphatic carbocycles. The van der Waals surface area contributed by atoms with Gasteiger partial charge in [-0.1, -0.05) is 29.4 Å². The van der Waals surface area contributed by atoms with Gasteiger partial charge in [0.05, 0.1) is 0 Å². The molecular formula is C18H28N2O. The van der Waals surface area contributed by atoms with Gasteiger partial charge in [-0.3, -0.25) is 9.69 Å². The molecule has 0 aromatic carbocycles. The largest absolute Gasteiger partial charge is 0.340 e. The van der Waals surface area contributed by atoms with Crippen molar-refractivity contribution in [1.82, 2.24) is 9.80 Å². The summed E-state index contributed by atoms with van der Waals surface area (Å²) < 4.78 is 0. The zero-order valence-electron chi connectivity index (χ0n) is 13.7. The molecule has 0 atom stereocenters. The van der Waals surface area contributed by atoms with Gasteiger partial charge in [0.2, 0.25) is 5.91 Å². The third-order valence-corrected chi connectivity index (χ3v) is 4.63. The molecule has 21 heavy (non-hydrogen) atoms. The fourth-order valence-corrected chi connectivity index (χ4v) is 2.91. The van der Waals surface area contributed by atoms with E-state index in [0.29, 0.717) is 0 Å². The van der Waals surface area contributed by atoms with Crippen LogP contribution in [0.3, 0.4) is 0 Å². The molecule has 0 unspecified atom stereocenters. The number of allylic oxidation sites excluding steroid dienone is 5. The van der Waals surface area contributed by atoms with Crippen LogP contribution < -0.4 is 0 Å². The minimum absolute atomic E-state index is 0.206. The van der Waals surface area contributed by atoms with Crippen molar-refractivity contribution >= 4 is 5.91 Å². The third kappa shape index (κ3) is 4.85. The Morgan fingerprint density at radius 2 is 1.90 bits per heavy atom. The van der Waals surface area contributed by atoms with Gasteiger partial charge in [0.1, 0.15) is 0 Å². The van der Waals surface area contributed by atoms with E-state index in [2.05, 4.69) is 37.0 Å². The van der Waals surface area contributed by atoms with Crippen LogP contribution in [-0.2, 0) is 4.79 Å². The van der Waals surface area contributed by atoms with Crippen LogP contribution >= 0.6 is 0 Å². The highest BCUT2D eigenvalue weighted by Crippen LogP contribution is 2.23. The molecule has 0 radical (unpaired) electrons. The van der Waals surface area contributed by atoms with Gasteiger partial charge in [0, 0.05) is 39.6 Å². The molecule has 1 fully saturated rings. The van der Waals surface area contributed by atoms with Crippen LogP contribution in [0, 0.1) is 0 Å². The first-order chi connectivity index (χ1) is 10.1. The van der Waals surface area contributed by atoms with Crippen molar-refractivity contribution in [1.29, 1.82) is 0 Å². The van der Waals surface area contributed by atoms with Crippen molar-refractivity contribution in [3.05, 3.63) is 34.9 Å². The van der Waals surface area contributed by atoms with Crippen molar-refractivity contribution in [3.8, 4) is 0 Å². The van der Waals surface area contributed by atoms with Crippen molar-refractivity contribution in [2.75, 3.05) is 32.7 Å². The van der Waals surface area contributed by atoms with Gasteiger partial charge in [-0.05, 0) is 38.7 Å². The molecule has 1 saturated heterocycles. The number of carbonyl (C=O) groups excluding carboxylic acids is 1. The quantitative estimate of drug-likeness (QED) is 0.793. The maximum atomic E-state index is 11.3. The summed E-state index contributed by atoms with van der Waals surface area (Å²) in [4.78, 5) is 15.7. The highest BCUT2D eigenvalue weighted by molar-refractivity contribution is 5.73. The second kappa shape index (κ2) is 7.60. The molecule has 3 nitrogen and oxygen atoms in total. The molecule has 2 rings (SSSR count). The van der Waals surface area contributed by atoms with E-state index in [1.807, 2.05) is 4.90 Å². The number of amides is 1. The summed E-state index contributed by atoms with van der Waals surface area (Å²) >= 11 is 0. The van der Waals surface area contributed by atoms with Crippen LogP contribution in [0.15, 0.2) is 34.9 Å². The zero-order chi connectivity index (χ0) is 15.2. The molecule has 0 saturated carbocycles. The monoisotopic (exact) mass is 288 g/mol. The van der Waals surface area contributed by atoms with Crippen molar-refractivity contribution in [2.45, 2.75) is 40.0 Å². The van der Waals surface area contributed by atoms with Crippen LogP contribution in [0.5, 0.6) is 0 Å². The number of hydrogen-bond acceptors (Lipinski definition) is 2. The Morgan fingerprint density at radius 1 is 1.19 bits per heavy atom. The van der Waals surface area contributed by atoms with Gasteiger partial charge in [0.25, 0.3) is 0 Å². The topological polar surface area (TPSA) is 23.6 Å². The fourth-order valence-electron chi connectivity index (χ4n) is 2.91. The molecule has 3 heteroatoms. The van der Waals surface area contributed by atoms with Gasteiger partial charge < -0.3 is 4.90 Å². The summed E-state index contributed by atoms with van der Waals surface area (Å²) in [5.41, 5.74) is 4.41. The molecule has 0 aromatic rings. The molecule has 116 valence electrons. The number of hydrogen-bond donors (Lipinski definition) is 0. The van der Waals surface area contributed by atoms with Gasteiger partial charge in [-0.15, -0.1) is 0 Å². The van der Waals surface area contributed by atoms with Crippen molar-refractivity contribution < 1.29 is 4.79 Å². The molecule has 1 heterocycles. The summed E-state index contributed by atoms with van der Waals surface area (Å²) in [5.74, 6) is 0.206. The second-order valence-corrected chi connectivity index (χ2v) is 6.22. The first-order valence-electron chi connectivity index (χ1n) is 8.07. The predicted molar refractivity (Wildman–Crippen MR) is 88.1 cm³/mol. The average molecular weight is 288 g/mol. The highest BCUT2D eigenvalue weighted by atomic mass is 16.2. The normalized spacial score (nSPS) is 21.1. The van der Waals surface area contributed by atoms with Gasteiger partial charge in [-0.2, -0.15) is 0 Å². The van der Waals surface area contributed by atoms with E-state index in [1.165, 1.54) is 29.6 Å². The molecule has 1 aliphatic heterocycles. The Morgan fingerprint density at radius 3 is 2.52 bits per heavy atom. The molecule has 2 aliphatic rings. The lowest BCUT2D eigenvalue weighted by Crippen LogP contribution is -2.48. The highest BCUT2D eigenvalue weighted by Gasteiger charge is 2.17. The average Bonchev–Trinajstić information content (AvgIpc) is 2.47. The third-order valence-electron chi connectivity index (χ3n) is 4.63. The number of carbonyl (C=O) groups is 1. The minimum Gasteiger partial charge on any atom is -0.340 e. The van der Waals surface area contributed by atoms with Crippen molar-refractivity contribution in [2.24, 2.45) is 0 Å². The van der Waals surface area contributed by atoms with Crippen LogP contribution in [0.2, 0.25) is 0 Å². The van der Waals surface area contributed by atoms with E-state index >= 15 is 0 Å². The lowest BCUT2D eigenvalue weighted by molar-refractivity contribution is -0.130. The molecular weight excluding hydrogens is 260 g/mol. The van der Waals surface area contributed by atoms with Crippen LogP contribution in [0.1, 0.15) is 40.0 Å². The number of nitrogens with zero attached hydrogens (tertiary/aromatic N) is 2. The lowest BCUT2D eigenvalue weighted by atomic mass is 9.94. The second-order valence-electron chi connectivity index (χ2n) is 6.22. The molecule has 0 N–H and O–H groups in total. The predicted octanol–water partition coefficient (Wildman–Crippen LogP) is 3.15. The molecule has 0 aromatic heterocycles. The summed E-state index contributed by atoms with van der Waals surface area (Å²) in [6.45, 7) is 11.0. The van der Waals surface area contributed by atoms with Gasteiger partial charge in [0.15, 0.2) is 0 Å². The van der Waals surface area contributed by atoms with Crippen LogP contribution in [0.25, 0.3) is 0 Å². The van der Waals surface area contributed by atoms with E-state index in [4.69, 9.17) is 0 Å². The Hall–Kier alpha value is -1.35. The Kier molecular flexibility index (Phi) is 5.80. The molecule has 0 spiro atoms. The minimum atomic E-state index is 0.206. The van der Waals surface area contributed by atoms with Gasteiger partial charge in [-0.25, -0.2) is 0 Å². The van der Waals surface area contributed by atoms with E-state index in [0.717, 1.165) is 39.1 Å².